The Labute approximate surface area is 149 Å². The molecule has 130 valence electrons. The molecule has 1 aromatic heterocycles. The van der Waals surface area contributed by atoms with E-state index in [0.29, 0.717) is 11.4 Å². The van der Waals surface area contributed by atoms with Crippen LogP contribution in [0.15, 0.2) is 30.3 Å². The van der Waals surface area contributed by atoms with Crippen molar-refractivity contribution in [2.75, 3.05) is 13.1 Å². The maximum atomic E-state index is 12.9. The predicted octanol–water partition coefficient (Wildman–Crippen LogP) is 2.83. The molecule has 1 amide bonds. The Balaban J connectivity index is 1.62. The molecular formula is C19H19NO4S. The number of thiophene rings is 1. The summed E-state index contributed by atoms with van der Waals surface area (Å²) in [6.07, 6.45) is 0.688. The average Bonchev–Trinajstić information content (AvgIpc) is 3.05. The fourth-order valence-electron chi connectivity index (χ4n) is 3.59. The Kier molecular flexibility index (Phi) is 4.09. The first-order chi connectivity index (χ1) is 12.0. The fourth-order valence-corrected chi connectivity index (χ4v) is 4.83. The molecule has 0 spiro atoms. The van der Waals surface area contributed by atoms with Gasteiger partial charge in [-0.15, -0.1) is 11.3 Å². The number of amides is 1. The quantitative estimate of drug-likeness (QED) is 0.897. The molecule has 2 atom stereocenters. The lowest BCUT2D eigenvalue weighted by molar-refractivity contribution is -0.160. The van der Waals surface area contributed by atoms with Crippen LogP contribution < -0.4 is 0 Å². The summed E-state index contributed by atoms with van der Waals surface area (Å²) in [5, 5.41) is 9.21. The summed E-state index contributed by atoms with van der Waals surface area (Å²) in [4.78, 5) is 27.6. The number of ether oxygens (including phenoxy) is 1. The zero-order valence-electron chi connectivity index (χ0n) is 13.9. The van der Waals surface area contributed by atoms with Gasteiger partial charge in [0, 0.05) is 11.4 Å². The summed E-state index contributed by atoms with van der Waals surface area (Å²) >= 11 is 1.51. The molecule has 0 radical (unpaired) electrons. The molecule has 1 fully saturated rings. The van der Waals surface area contributed by atoms with E-state index in [1.807, 2.05) is 18.2 Å². The molecule has 1 aliphatic heterocycles. The third-order valence-corrected chi connectivity index (χ3v) is 5.97. The summed E-state index contributed by atoms with van der Waals surface area (Å²) in [6, 6.07) is 10.3. The van der Waals surface area contributed by atoms with E-state index in [1.54, 1.807) is 11.8 Å². The predicted molar refractivity (Wildman–Crippen MR) is 95.0 cm³/mol. The molecule has 1 unspecified atom stereocenters. The van der Waals surface area contributed by atoms with Gasteiger partial charge in [-0.2, -0.15) is 0 Å². The summed E-state index contributed by atoms with van der Waals surface area (Å²) in [7, 11) is 0. The van der Waals surface area contributed by atoms with Crippen LogP contribution in [0.4, 0.5) is 0 Å². The van der Waals surface area contributed by atoms with Crippen molar-refractivity contribution in [3.8, 4) is 10.4 Å². The molecule has 2 aromatic rings. The molecule has 5 nitrogen and oxygen atoms in total. The number of fused-ring (bicyclic) bond motifs is 3. The largest absolute Gasteiger partial charge is 0.479 e. The molecule has 1 saturated heterocycles. The highest BCUT2D eigenvalue weighted by atomic mass is 32.1. The number of hydrogen-bond acceptors (Lipinski definition) is 4. The van der Waals surface area contributed by atoms with Crippen LogP contribution in [0, 0.1) is 0 Å². The Bertz CT molecular complexity index is 844. The third kappa shape index (κ3) is 2.96. The number of carboxylic acids is 1. The minimum absolute atomic E-state index is 0.0949. The molecule has 1 aromatic carbocycles. The smallest absolute Gasteiger partial charge is 0.334 e. The van der Waals surface area contributed by atoms with Gasteiger partial charge in [0.1, 0.15) is 0 Å². The summed E-state index contributed by atoms with van der Waals surface area (Å²) in [5.41, 5.74) is 3.75. The van der Waals surface area contributed by atoms with E-state index in [1.165, 1.54) is 32.9 Å². The topological polar surface area (TPSA) is 66.8 Å². The normalized spacial score (nSPS) is 22.2. The first-order valence-corrected chi connectivity index (χ1v) is 9.23. The first-order valence-electron chi connectivity index (χ1n) is 8.41. The minimum atomic E-state index is -1.02. The van der Waals surface area contributed by atoms with Gasteiger partial charge in [-0.25, -0.2) is 4.79 Å². The van der Waals surface area contributed by atoms with Gasteiger partial charge in [-0.05, 0) is 42.5 Å². The van der Waals surface area contributed by atoms with Crippen LogP contribution in [0.1, 0.15) is 27.7 Å². The van der Waals surface area contributed by atoms with Crippen molar-refractivity contribution < 1.29 is 19.4 Å². The fraction of sp³-hybridized carbons (Fsp3) is 0.368. The lowest BCUT2D eigenvalue weighted by Gasteiger charge is -2.34. The van der Waals surface area contributed by atoms with E-state index < -0.39 is 12.1 Å². The van der Waals surface area contributed by atoms with Crippen molar-refractivity contribution in [3.63, 3.8) is 0 Å². The first kappa shape index (κ1) is 16.3. The lowest BCUT2D eigenvalue weighted by atomic mass is 9.91. The van der Waals surface area contributed by atoms with Gasteiger partial charge in [0.25, 0.3) is 5.91 Å². The number of nitrogens with zero attached hydrogens (tertiary/aromatic N) is 1. The summed E-state index contributed by atoms with van der Waals surface area (Å²) in [6.45, 7) is 2.31. The Morgan fingerprint density at radius 2 is 1.96 bits per heavy atom. The average molecular weight is 357 g/mol. The summed E-state index contributed by atoms with van der Waals surface area (Å²) < 4.78 is 5.40. The van der Waals surface area contributed by atoms with Crippen molar-refractivity contribution in [3.05, 3.63) is 46.3 Å². The molecule has 2 aliphatic rings. The Morgan fingerprint density at radius 3 is 2.76 bits per heavy atom. The highest BCUT2D eigenvalue weighted by Gasteiger charge is 2.34. The van der Waals surface area contributed by atoms with Gasteiger partial charge in [0.2, 0.25) is 0 Å². The second kappa shape index (κ2) is 6.28. The molecule has 6 heteroatoms. The zero-order valence-corrected chi connectivity index (χ0v) is 14.7. The summed E-state index contributed by atoms with van der Waals surface area (Å²) in [5.74, 6) is -1.12. The van der Waals surface area contributed by atoms with Crippen LogP contribution in [0.3, 0.4) is 0 Å². The van der Waals surface area contributed by atoms with Crippen molar-refractivity contribution >= 4 is 23.2 Å². The van der Waals surface area contributed by atoms with E-state index in [2.05, 4.69) is 12.1 Å². The van der Waals surface area contributed by atoms with Gasteiger partial charge in [0.15, 0.2) is 6.10 Å². The molecular weight excluding hydrogens is 338 g/mol. The monoisotopic (exact) mass is 357 g/mol. The van der Waals surface area contributed by atoms with Gasteiger partial charge in [0.05, 0.1) is 17.5 Å². The highest BCUT2D eigenvalue weighted by Crippen LogP contribution is 2.39. The van der Waals surface area contributed by atoms with Crippen LogP contribution in [0.2, 0.25) is 0 Å². The second-order valence-corrected chi connectivity index (χ2v) is 7.66. The number of hydrogen-bond donors (Lipinski definition) is 1. The van der Waals surface area contributed by atoms with E-state index in [-0.39, 0.29) is 18.6 Å². The molecule has 1 N–H and O–H groups in total. The van der Waals surface area contributed by atoms with E-state index in [4.69, 9.17) is 4.74 Å². The number of morpholine rings is 1. The van der Waals surface area contributed by atoms with Crippen molar-refractivity contribution in [1.29, 1.82) is 0 Å². The van der Waals surface area contributed by atoms with Crippen LogP contribution in [0.25, 0.3) is 10.4 Å². The van der Waals surface area contributed by atoms with E-state index >= 15 is 0 Å². The van der Waals surface area contributed by atoms with Crippen LogP contribution in [-0.4, -0.2) is 47.2 Å². The van der Waals surface area contributed by atoms with Gasteiger partial charge < -0.3 is 14.7 Å². The molecule has 25 heavy (non-hydrogen) atoms. The molecule has 4 rings (SSSR count). The molecule has 2 heterocycles. The second-order valence-electron chi connectivity index (χ2n) is 6.61. The number of aliphatic carboxylic acids is 1. The van der Waals surface area contributed by atoms with Gasteiger partial charge in [-0.3, -0.25) is 4.79 Å². The maximum Gasteiger partial charge on any atom is 0.334 e. The number of carbonyl (C=O) groups excluding carboxylic acids is 1. The van der Waals surface area contributed by atoms with E-state index in [9.17, 15) is 14.7 Å². The molecule has 1 aliphatic carbocycles. The van der Waals surface area contributed by atoms with Crippen molar-refractivity contribution in [2.24, 2.45) is 0 Å². The standard InChI is InChI=1S/C19H19NO4S/c1-11-9-20(10-15(24-11)19(22)23)18(21)16-8-13-7-6-12-4-2-3-5-14(12)17(13)25-16/h2-5,8,11,15H,6-7,9-10H2,1H3,(H,22,23)/t11-,15?/m1/s1. The number of benzene rings is 1. The number of rotatable bonds is 2. The number of aryl methyl sites for hydroxylation is 2. The van der Waals surface area contributed by atoms with Crippen molar-refractivity contribution in [1.82, 2.24) is 4.90 Å². The van der Waals surface area contributed by atoms with E-state index in [0.717, 1.165) is 12.8 Å². The third-order valence-electron chi connectivity index (χ3n) is 4.77. The number of carbonyl (C=O) groups is 2. The minimum Gasteiger partial charge on any atom is -0.479 e. The number of carboxylic acid groups (broad SMARTS) is 1. The molecule has 0 saturated carbocycles. The Hall–Kier alpha value is -2.18. The maximum absolute atomic E-state index is 12.9. The van der Waals surface area contributed by atoms with Gasteiger partial charge in [-0.1, -0.05) is 24.3 Å². The van der Waals surface area contributed by atoms with Crippen LogP contribution >= 0.6 is 11.3 Å². The van der Waals surface area contributed by atoms with Crippen molar-refractivity contribution in [2.45, 2.75) is 32.0 Å². The van der Waals surface area contributed by atoms with Crippen LogP contribution in [-0.2, 0) is 22.4 Å². The highest BCUT2D eigenvalue weighted by molar-refractivity contribution is 7.17. The lowest BCUT2D eigenvalue weighted by Crippen LogP contribution is -2.51. The molecule has 0 bridgehead atoms. The Morgan fingerprint density at radius 1 is 1.20 bits per heavy atom. The SMILES string of the molecule is C[C@@H]1CN(C(=O)c2cc3c(s2)-c2ccccc2CC3)CC(C(=O)O)O1. The van der Waals surface area contributed by atoms with Gasteiger partial charge >= 0.3 is 5.97 Å². The zero-order chi connectivity index (χ0) is 17.6. The van der Waals surface area contributed by atoms with Crippen LogP contribution in [0.5, 0.6) is 0 Å².